The molecular weight excluding hydrogens is 376 g/mol. The van der Waals surface area contributed by atoms with Gasteiger partial charge < -0.3 is 9.84 Å². The number of tetrazole rings is 1. The maximum absolute atomic E-state index is 12.6. The first-order valence-electron chi connectivity index (χ1n) is 8.25. The van der Waals surface area contributed by atoms with Gasteiger partial charge >= 0.3 is 12.6 Å². The van der Waals surface area contributed by atoms with E-state index >= 15 is 0 Å². The summed E-state index contributed by atoms with van der Waals surface area (Å²) in [6.07, 6.45) is 2.04. The molecule has 0 spiro atoms. The fourth-order valence-corrected chi connectivity index (χ4v) is 3.38. The molecule has 0 fully saturated rings. The van der Waals surface area contributed by atoms with E-state index in [0.29, 0.717) is 35.3 Å². The quantitative estimate of drug-likeness (QED) is 0.706. The zero-order valence-electron chi connectivity index (χ0n) is 14.2. The van der Waals surface area contributed by atoms with E-state index in [2.05, 4.69) is 20.3 Å². The van der Waals surface area contributed by atoms with Gasteiger partial charge in [-0.05, 0) is 53.1 Å². The van der Waals surface area contributed by atoms with E-state index in [9.17, 15) is 23.5 Å². The van der Waals surface area contributed by atoms with Crippen molar-refractivity contribution < 1.29 is 23.4 Å². The SMILES string of the molecule is O=C(O)[C@@H]1CCc2cc(-c3cc(OC(F)F)ccc3-n3cnnn3)cc(=O)n21. The maximum Gasteiger partial charge on any atom is 0.387 e. The number of carboxylic acids is 1. The van der Waals surface area contributed by atoms with Crippen molar-refractivity contribution in [1.29, 1.82) is 0 Å². The first-order chi connectivity index (χ1) is 13.4. The van der Waals surface area contributed by atoms with Crippen LogP contribution in [0.4, 0.5) is 8.78 Å². The second-order valence-corrected chi connectivity index (χ2v) is 6.15. The number of rotatable bonds is 5. The molecule has 1 N–H and O–H groups in total. The average Bonchev–Trinajstić information content (AvgIpc) is 3.31. The Morgan fingerprint density at radius 2 is 2.11 bits per heavy atom. The fourth-order valence-electron chi connectivity index (χ4n) is 3.38. The number of halogens is 2. The summed E-state index contributed by atoms with van der Waals surface area (Å²) in [5.74, 6) is -1.17. The summed E-state index contributed by atoms with van der Waals surface area (Å²) in [4.78, 5) is 23.9. The lowest BCUT2D eigenvalue weighted by Crippen LogP contribution is -2.27. The van der Waals surface area contributed by atoms with Crippen molar-refractivity contribution in [3.8, 4) is 22.6 Å². The minimum atomic E-state index is -3.01. The van der Waals surface area contributed by atoms with Gasteiger partial charge in [-0.2, -0.15) is 13.5 Å². The third-order valence-corrected chi connectivity index (χ3v) is 4.52. The summed E-state index contributed by atoms with van der Waals surface area (Å²) in [6.45, 7) is -3.01. The van der Waals surface area contributed by atoms with Crippen LogP contribution in [0, 0.1) is 0 Å². The molecule has 3 heterocycles. The number of pyridine rings is 1. The predicted molar refractivity (Wildman–Crippen MR) is 90.5 cm³/mol. The second-order valence-electron chi connectivity index (χ2n) is 6.15. The second kappa shape index (κ2) is 6.83. The van der Waals surface area contributed by atoms with Crippen LogP contribution in [-0.4, -0.2) is 42.5 Å². The molecule has 3 aromatic rings. The van der Waals surface area contributed by atoms with E-state index in [1.165, 1.54) is 39.8 Å². The molecule has 4 rings (SSSR count). The largest absolute Gasteiger partial charge is 0.480 e. The summed E-state index contributed by atoms with van der Waals surface area (Å²) in [5.41, 5.74) is 1.33. The highest BCUT2D eigenvalue weighted by atomic mass is 19.3. The van der Waals surface area contributed by atoms with Gasteiger partial charge in [0, 0.05) is 17.3 Å². The predicted octanol–water partition coefficient (Wildman–Crippen LogP) is 1.66. The maximum atomic E-state index is 12.6. The van der Waals surface area contributed by atoms with Crippen LogP contribution in [0.15, 0.2) is 41.5 Å². The molecule has 1 aliphatic rings. The van der Waals surface area contributed by atoms with Gasteiger partial charge in [0.15, 0.2) is 0 Å². The topological polar surface area (TPSA) is 112 Å². The Morgan fingerprint density at radius 1 is 1.29 bits per heavy atom. The van der Waals surface area contributed by atoms with Gasteiger partial charge in [0.2, 0.25) is 0 Å². The molecule has 0 saturated carbocycles. The molecule has 1 atom stereocenters. The molecule has 11 heteroatoms. The number of carbonyl (C=O) groups is 1. The van der Waals surface area contributed by atoms with Gasteiger partial charge in [0.25, 0.3) is 5.56 Å². The standard InChI is InChI=1S/C17H13F2N5O4/c18-17(19)28-11-2-4-13(23-8-20-21-22-23)12(7-11)9-5-10-1-3-14(16(26)27)24(10)15(25)6-9/h2,4-8,14,17H,1,3H2,(H,26,27)/t14-/m0/s1. The molecule has 28 heavy (non-hydrogen) atoms. The molecule has 0 bridgehead atoms. The number of carboxylic acid groups (broad SMARTS) is 1. The first kappa shape index (κ1) is 17.8. The minimum Gasteiger partial charge on any atom is -0.480 e. The zero-order valence-corrected chi connectivity index (χ0v) is 14.2. The van der Waals surface area contributed by atoms with Gasteiger partial charge in [-0.25, -0.2) is 4.79 Å². The molecule has 2 aromatic heterocycles. The molecule has 144 valence electrons. The van der Waals surface area contributed by atoms with Gasteiger partial charge in [0.1, 0.15) is 18.1 Å². The smallest absolute Gasteiger partial charge is 0.387 e. The molecule has 0 amide bonds. The highest BCUT2D eigenvalue weighted by Gasteiger charge is 2.29. The minimum absolute atomic E-state index is 0.0918. The Labute approximate surface area is 155 Å². The normalized spacial score (nSPS) is 15.6. The Morgan fingerprint density at radius 3 is 2.79 bits per heavy atom. The number of aryl methyl sites for hydroxylation is 1. The van der Waals surface area contributed by atoms with Crippen LogP contribution in [0.25, 0.3) is 16.8 Å². The average molecular weight is 389 g/mol. The van der Waals surface area contributed by atoms with E-state index in [1.54, 1.807) is 6.07 Å². The number of hydrogen-bond acceptors (Lipinski definition) is 6. The van der Waals surface area contributed by atoms with Crippen molar-refractivity contribution in [2.24, 2.45) is 0 Å². The number of fused-ring (bicyclic) bond motifs is 1. The molecule has 0 unspecified atom stereocenters. The summed E-state index contributed by atoms with van der Waals surface area (Å²) in [6, 6.07) is 6.21. The van der Waals surface area contributed by atoms with Crippen molar-refractivity contribution in [3.05, 3.63) is 52.7 Å². The number of hydrogen-bond donors (Lipinski definition) is 1. The Balaban J connectivity index is 1.87. The van der Waals surface area contributed by atoms with Gasteiger partial charge in [-0.3, -0.25) is 9.36 Å². The molecule has 9 nitrogen and oxygen atoms in total. The van der Waals surface area contributed by atoms with Crippen LogP contribution in [0.5, 0.6) is 5.75 Å². The Hall–Kier alpha value is -3.63. The number of aromatic nitrogens is 5. The summed E-state index contributed by atoms with van der Waals surface area (Å²) < 4.78 is 32.3. The molecule has 0 aliphatic carbocycles. The first-order valence-corrected chi connectivity index (χ1v) is 8.25. The van der Waals surface area contributed by atoms with Crippen molar-refractivity contribution in [1.82, 2.24) is 24.8 Å². The lowest BCUT2D eigenvalue weighted by molar-refractivity contribution is -0.140. The molecular formula is C17H13F2N5O4. The number of alkyl halides is 2. The number of benzene rings is 1. The Kier molecular flexibility index (Phi) is 4.34. The molecule has 1 aliphatic heterocycles. The van der Waals surface area contributed by atoms with Crippen LogP contribution in [0.1, 0.15) is 18.2 Å². The summed E-state index contributed by atoms with van der Waals surface area (Å²) >= 11 is 0. The summed E-state index contributed by atoms with van der Waals surface area (Å²) in [7, 11) is 0. The third-order valence-electron chi connectivity index (χ3n) is 4.52. The number of ether oxygens (including phenoxy) is 1. The highest BCUT2D eigenvalue weighted by Crippen LogP contribution is 2.33. The Bertz CT molecular complexity index is 1100. The van der Waals surface area contributed by atoms with Crippen LogP contribution >= 0.6 is 0 Å². The number of nitrogens with zero attached hydrogens (tertiary/aromatic N) is 5. The van der Waals surface area contributed by atoms with Crippen molar-refractivity contribution >= 4 is 5.97 Å². The van der Waals surface area contributed by atoms with Gasteiger partial charge in [-0.1, -0.05) is 0 Å². The number of aliphatic carboxylic acids is 1. The van der Waals surface area contributed by atoms with Crippen LogP contribution in [0.2, 0.25) is 0 Å². The molecule has 0 radical (unpaired) electrons. The van der Waals surface area contributed by atoms with Crippen molar-refractivity contribution in [2.75, 3.05) is 0 Å². The van der Waals surface area contributed by atoms with Crippen molar-refractivity contribution in [2.45, 2.75) is 25.5 Å². The van der Waals surface area contributed by atoms with Crippen LogP contribution in [0.3, 0.4) is 0 Å². The monoisotopic (exact) mass is 389 g/mol. The van der Waals surface area contributed by atoms with Crippen LogP contribution < -0.4 is 10.3 Å². The lowest BCUT2D eigenvalue weighted by atomic mass is 10.0. The van der Waals surface area contributed by atoms with Crippen LogP contribution in [-0.2, 0) is 11.2 Å². The third kappa shape index (κ3) is 3.10. The van der Waals surface area contributed by atoms with E-state index in [1.807, 2.05) is 0 Å². The van der Waals surface area contributed by atoms with Crippen molar-refractivity contribution in [3.63, 3.8) is 0 Å². The van der Waals surface area contributed by atoms with E-state index in [-0.39, 0.29) is 5.75 Å². The fraction of sp³-hybridized carbons (Fsp3) is 0.235. The van der Waals surface area contributed by atoms with E-state index in [4.69, 9.17) is 0 Å². The van der Waals surface area contributed by atoms with E-state index in [0.717, 1.165) is 0 Å². The summed E-state index contributed by atoms with van der Waals surface area (Å²) in [5, 5.41) is 20.2. The van der Waals surface area contributed by atoms with Gasteiger partial charge in [-0.15, -0.1) is 5.10 Å². The molecule has 1 aromatic carbocycles. The lowest BCUT2D eigenvalue weighted by Gasteiger charge is -2.14. The van der Waals surface area contributed by atoms with Gasteiger partial charge in [0.05, 0.1) is 5.69 Å². The zero-order chi connectivity index (χ0) is 19.8. The highest BCUT2D eigenvalue weighted by molar-refractivity contribution is 5.76. The molecule has 0 saturated heterocycles. The van der Waals surface area contributed by atoms with E-state index < -0.39 is 24.2 Å².